The SMILES string of the molecule is CC/C=C\C/C=C\C/C=C\C/C=C\C/C=C\CCCCCCCC(=O)OC(COC(=O)CCCCC/C=C\C/C=C\C/C=C\CC)COC(=O)CCCCCCCCCCCCCCCCCCCCC/C=C\CCCCCCCCCC. The molecule has 0 amide bonds. The molecule has 0 aromatic heterocycles. The smallest absolute Gasteiger partial charge is 0.306 e. The number of unbranched alkanes of at least 4 members (excludes halogenated alkanes) is 35. The Morgan fingerprint density at radius 3 is 0.759 bits per heavy atom. The summed E-state index contributed by atoms with van der Waals surface area (Å²) in [5, 5.41) is 0. The van der Waals surface area contributed by atoms with E-state index >= 15 is 0 Å². The summed E-state index contributed by atoms with van der Waals surface area (Å²) in [4.78, 5) is 38.4. The Hall–Kier alpha value is -3.93. The number of carbonyl (C=O) groups excluding carboxylic acids is 3. The van der Waals surface area contributed by atoms with E-state index in [4.69, 9.17) is 14.2 Å². The van der Waals surface area contributed by atoms with Crippen LogP contribution in [0.4, 0.5) is 0 Å². The van der Waals surface area contributed by atoms with Crippen LogP contribution >= 0.6 is 0 Å². The minimum atomic E-state index is -0.803. The number of hydrogen-bond donors (Lipinski definition) is 0. The molecule has 1 unspecified atom stereocenters. The Morgan fingerprint density at radius 2 is 0.470 bits per heavy atom. The molecule has 476 valence electrons. The Kier molecular flexibility index (Phi) is 67.2. The first kappa shape index (κ1) is 79.1. The van der Waals surface area contributed by atoms with Crippen LogP contribution in [-0.2, 0) is 28.6 Å². The van der Waals surface area contributed by atoms with Crippen LogP contribution in [-0.4, -0.2) is 37.2 Å². The molecule has 83 heavy (non-hydrogen) atoms. The van der Waals surface area contributed by atoms with E-state index in [9.17, 15) is 14.4 Å². The molecule has 0 N–H and O–H groups in total. The molecular formula is C77H132O6. The molecule has 1 atom stereocenters. The number of allylic oxidation sites excluding steroid dienone is 18. The minimum Gasteiger partial charge on any atom is -0.462 e. The quantitative estimate of drug-likeness (QED) is 0.0261. The third kappa shape index (κ3) is 68.7. The maximum absolute atomic E-state index is 12.9. The third-order valence-corrected chi connectivity index (χ3v) is 15.2. The van der Waals surface area contributed by atoms with Gasteiger partial charge in [0.15, 0.2) is 6.10 Å². The Balaban J connectivity index is 4.25. The largest absolute Gasteiger partial charge is 0.462 e. The fourth-order valence-corrected chi connectivity index (χ4v) is 10.0. The van der Waals surface area contributed by atoms with Crippen molar-refractivity contribution < 1.29 is 28.6 Å². The van der Waals surface area contributed by atoms with E-state index in [1.807, 2.05) is 0 Å². The molecule has 0 rings (SSSR count). The zero-order valence-electron chi connectivity index (χ0n) is 54.7. The molecule has 0 bridgehead atoms. The first-order chi connectivity index (χ1) is 41.0. The van der Waals surface area contributed by atoms with Gasteiger partial charge >= 0.3 is 17.9 Å². The van der Waals surface area contributed by atoms with Crippen LogP contribution in [0.1, 0.15) is 342 Å². The molecule has 0 aliphatic heterocycles. The van der Waals surface area contributed by atoms with Gasteiger partial charge in [-0.2, -0.15) is 0 Å². The summed E-state index contributed by atoms with van der Waals surface area (Å²) < 4.78 is 16.9. The first-order valence-corrected chi connectivity index (χ1v) is 35.4. The lowest BCUT2D eigenvalue weighted by atomic mass is 10.0. The van der Waals surface area contributed by atoms with Crippen molar-refractivity contribution in [2.45, 2.75) is 348 Å². The standard InChI is InChI=1S/C77H132O6/c1-4-7-10-13-16-19-22-25-27-29-31-33-34-35-36-37-38-39-40-41-42-44-45-47-49-52-55-58-61-64-67-70-76(79)82-73-74(72-81-75(78)69-66-63-60-57-54-51-24-21-18-15-12-9-6-3)83-77(80)71-68-65-62-59-56-53-50-48-46-43-32-30-28-26-23-20-17-14-11-8-5-2/h8-9,11-12,17-18,20-21,26,28-29,31-32,43,48,50-51,54,74H,4-7,10,13-16,19,22-25,27,30,33-42,44-47,49,52-53,55-73H2,1-3H3/b11-8-,12-9-,20-17-,21-18-,28-26-,31-29-,43-32-,50-48-,54-51-. The lowest BCUT2D eigenvalue weighted by Crippen LogP contribution is -2.30. The molecular weight excluding hydrogens is 1020 g/mol. The molecule has 0 aromatic rings. The summed E-state index contributed by atoms with van der Waals surface area (Å²) in [6, 6.07) is 0. The van der Waals surface area contributed by atoms with E-state index in [1.165, 1.54) is 167 Å². The zero-order valence-corrected chi connectivity index (χ0v) is 54.7. The maximum Gasteiger partial charge on any atom is 0.306 e. The summed E-state index contributed by atoms with van der Waals surface area (Å²) in [5.74, 6) is -0.933. The lowest BCUT2D eigenvalue weighted by molar-refractivity contribution is -0.167. The molecule has 0 radical (unpaired) electrons. The maximum atomic E-state index is 12.9. The van der Waals surface area contributed by atoms with Crippen LogP contribution in [0.5, 0.6) is 0 Å². The van der Waals surface area contributed by atoms with Crippen LogP contribution < -0.4 is 0 Å². The third-order valence-electron chi connectivity index (χ3n) is 15.2. The van der Waals surface area contributed by atoms with Crippen molar-refractivity contribution in [3.05, 3.63) is 109 Å². The second-order valence-electron chi connectivity index (χ2n) is 23.4. The van der Waals surface area contributed by atoms with Gasteiger partial charge in [-0.3, -0.25) is 14.4 Å². The van der Waals surface area contributed by atoms with Crippen molar-refractivity contribution in [2.75, 3.05) is 13.2 Å². The van der Waals surface area contributed by atoms with Gasteiger partial charge in [-0.05, 0) is 122 Å². The second-order valence-corrected chi connectivity index (χ2v) is 23.4. The molecule has 0 saturated heterocycles. The number of esters is 3. The van der Waals surface area contributed by atoms with Gasteiger partial charge in [-0.1, -0.05) is 310 Å². The van der Waals surface area contributed by atoms with Crippen molar-refractivity contribution in [2.24, 2.45) is 0 Å². The summed E-state index contributed by atoms with van der Waals surface area (Å²) in [6.45, 7) is 6.40. The minimum absolute atomic E-state index is 0.0946. The molecule has 6 heteroatoms. The van der Waals surface area contributed by atoms with Crippen molar-refractivity contribution in [3.63, 3.8) is 0 Å². The van der Waals surface area contributed by atoms with Crippen molar-refractivity contribution >= 4 is 17.9 Å². The lowest BCUT2D eigenvalue weighted by Gasteiger charge is -2.18. The van der Waals surface area contributed by atoms with Gasteiger partial charge in [0, 0.05) is 19.3 Å². The van der Waals surface area contributed by atoms with Crippen molar-refractivity contribution in [1.29, 1.82) is 0 Å². The second kappa shape index (κ2) is 70.6. The summed E-state index contributed by atoms with van der Waals surface area (Å²) >= 11 is 0. The molecule has 0 aromatic carbocycles. The van der Waals surface area contributed by atoms with Gasteiger partial charge in [-0.15, -0.1) is 0 Å². The zero-order chi connectivity index (χ0) is 59.9. The monoisotopic (exact) mass is 1150 g/mol. The van der Waals surface area contributed by atoms with E-state index in [1.54, 1.807) is 0 Å². The molecule has 0 spiro atoms. The fourth-order valence-electron chi connectivity index (χ4n) is 10.0. The predicted octanol–water partition coefficient (Wildman–Crippen LogP) is 24.6. The predicted molar refractivity (Wildman–Crippen MR) is 362 cm³/mol. The number of rotatable bonds is 64. The Bertz CT molecular complexity index is 1660. The van der Waals surface area contributed by atoms with Gasteiger partial charge in [-0.25, -0.2) is 0 Å². The van der Waals surface area contributed by atoms with E-state index in [0.717, 1.165) is 135 Å². The van der Waals surface area contributed by atoms with Crippen LogP contribution in [0.3, 0.4) is 0 Å². The topological polar surface area (TPSA) is 78.9 Å². The molecule has 0 heterocycles. The van der Waals surface area contributed by atoms with Crippen molar-refractivity contribution in [1.82, 2.24) is 0 Å². The first-order valence-electron chi connectivity index (χ1n) is 35.4. The normalized spacial score (nSPS) is 12.8. The molecule has 6 nitrogen and oxygen atoms in total. The number of ether oxygens (including phenoxy) is 3. The van der Waals surface area contributed by atoms with Gasteiger partial charge in [0.25, 0.3) is 0 Å². The molecule has 0 fully saturated rings. The molecule has 0 aliphatic rings. The van der Waals surface area contributed by atoms with Gasteiger partial charge in [0.2, 0.25) is 0 Å². The average Bonchev–Trinajstić information content (AvgIpc) is 3.49. The summed E-state index contributed by atoms with van der Waals surface area (Å²) in [5.41, 5.74) is 0. The highest BCUT2D eigenvalue weighted by Gasteiger charge is 2.19. The number of carbonyl (C=O) groups is 3. The highest BCUT2D eigenvalue weighted by molar-refractivity contribution is 5.71. The van der Waals surface area contributed by atoms with Crippen LogP contribution in [0.15, 0.2) is 109 Å². The van der Waals surface area contributed by atoms with Gasteiger partial charge in [0.1, 0.15) is 13.2 Å². The highest BCUT2D eigenvalue weighted by Crippen LogP contribution is 2.17. The van der Waals surface area contributed by atoms with E-state index < -0.39 is 6.10 Å². The van der Waals surface area contributed by atoms with Crippen LogP contribution in [0.25, 0.3) is 0 Å². The van der Waals surface area contributed by atoms with Crippen molar-refractivity contribution in [3.8, 4) is 0 Å². The molecule has 0 saturated carbocycles. The highest BCUT2D eigenvalue weighted by atomic mass is 16.6. The fraction of sp³-hybridized carbons (Fsp3) is 0.727. The van der Waals surface area contributed by atoms with Crippen LogP contribution in [0.2, 0.25) is 0 Å². The Labute approximate surface area is 514 Å². The van der Waals surface area contributed by atoms with E-state index in [2.05, 4.69) is 130 Å². The molecule has 0 aliphatic carbocycles. The average molecular weight is 1150 g/mol. The summed E-state index contributed by atoms with van der Waals surface area (Å²) in [6.07, 6.45) is 97.1. The summed E-state index contributed by atoms with van der Waals surface area (Å²) in [7, 11) is 0. The van der Waals surface area contributed by atoms with Gasteiger partial charge in [0.05, 0.1) is 0 Å². The number of hydrogen-bond acceptors (Lipinski definition) is 6. The van der Waals surface area contributed by atoms with Gasteiger partial charge < -0.3 is 14.2 Å². The Morgan fingerprint density at radius 1 is 0.253 bits per heavy atom. The van der Waals surface area contributed by atoms with E-state index in [-0.39, 0.29) is 31.1 Å². The van der Waals surface area contributed by atoms with E-state index in [0.29, 0.717) is 19.3 Å². The van der Waals surface area contributed by atoms with Crippen LogP contribution in [0, 0.1) is 0 Å².